The summed E-state index contributed by atoms with van der Waals surface area (Å²) in [7, 11) is 0. The second-order valence-corrected chi connectivity index (χ2v) is 4.57. The number of carbonyl (C=O) groups is 1. The van der Waals surface area contributed by atoms with Crippen molar-refractivity contribution >= 4 is 17.4 Å². The number of nitrogens with zero attached hydrogens (tertiary/aromatic N) is 2. The molecule has 0 bridgehead atoms. The van der Waals surface area contributed by atoms with E-state index in [0.29, 0.717) is 17.9 Å². The molecule has 0 atom stereocenters. The highest BCUT2D eigenvalue weighted by Gasteiger charge is 2.16. The van der Waals surface area contributed by atoms with E-state index in [0.717, 1.165) is 37.4 Å². The number of aromatic nitrogens is 2. The summed E-state index contributed by atoms with van der Waals surface area (Å²) in [6.07, 6.45) is 1.72. The number of aryl methyl sites for hydroxylation is 2. The van der Waals surface area contributed by atoms with Crippen LogP contribution in [0.15, 0.2) is 0 Å². The summed E-state index contributed by atoms with van der Waals surface area (Å²) in [5.74, 6) is 0.204. The van der Waals surface area contributed by atoms with Crippen molar-refractivity contribution in [1.29, 1.82) is 0 Å². The number of carbonyl (C=O) groups excluding carboxylic acids is 1. The van der Waals surface area contributed by atoms with Gasteiger partial charge in [-0.25, -0.2) is 0 Å². The van der Waals surface area contributed by atoms with Crippen molar-refractivity contribution in [1.82, 2.24) is 15.1 Å². The second kappa shape index (κ2) is 7.54. The minimum absolute atomic E-state index is 0.204. The van der Waals surface area contributed by atoms with Gasteiger partial charge in [0.1, 0.15) is 5.78 Å². The van der Waals surface area contributed by atoms with Crippen LogP contribution in [0.2, 0.25) is 5.02 Å². The Morgan fingerprint density at radius 1 is 1.39 bits per heavy atom. The van der Waals surface area contributed by atoms with Crippen molar-refractivity contribution in [3.8, 4) is 0 Å². The first-order valence-corrected chi connectivity index (χ1v) is 6.98. The molecule has 0 saturated carbocycles. The van der Waals surface area contributed by atoms with E-state index in [-0.39, 0.29) is 5.78 Å². The van der Waals surface area contributed by atoms with Crippen LogP contribution in [0.1, 0.15) is 38.6 Å². The fourth-order valence-corrected chi connectivity index (χ4v) is 2.20. The molecule has 4 nitrogen and oxygen atoms in total. The maximum Gasteiger partial charge on any atom is 0.140 e. The monoisotopic (exact) mass is 271 g/mol. The van der Waals surface area contributed by atoms with Gasteiger partial charge in [0.25, 0.3) is 0 Å². The largest absolute Gasteiger partial charge is 0.317 e. The van der Waals surface area contributed by atoms with E-state index >= 15 is 0 Å². The topological polar surface area (TPSA) is 46.9 Å². The van der Waals surface area contributed by atoms with Gasteiger partial charge in [-0.3, -0.25) is 9.48 Å². The van der Waals surface area contributed by atoms with Gasteiger partial charge in [-0.05, 0) is 19.9 Å². The van der Waals surface area contributed by atoms with E-state index < -0.39 is 0 Å². The maximum absolute atomic E-state index is 11.9. The number of rotatable bonds is 8. The molecule has 18 heavy (non-hydrogen) atoms. The molecule has 0 spiro atoms. The van der Waals surface area contributed by atoms with Gasteiger partial charge in [0.15, 0.2) is 0 Å². The van der Waals surface area contributed by atoms with Crippen molar-refractivity contribution in [3.05, 3.63) is 16.4 Å². The average molecular weight is 272 g/mol. The molecule has 0 radical (unpaired) electrons. The lowest BCUT2D eigenvalue weighted by Gasteiger charge is -2.05. The quantitative estimate of drug-likeness (QED) is 0.738. The molecule has 1 N–H and O–H groups in total. The van der Waals surface area contributed by atoms with Gasteiger partial charge >= 0.3 is 0 Å². The molecule has 102 valence electrons. The van der Waals surface area contributed by atoms with Gasteiger partial charge in [0, 0.05) is 25.9 Å². The first kappa shape index (κ1) is 15.2. The molecule has 1 heterocycles. The van der Waals surface area contributed by atoms with Crippen LogP contribution in [0.25, 0.3) is 0 Å². The molecule has 0 aliphatic carbocycles. The highest BCUT2D eigenvalue weighted by molar-refractivity contribution is 6.32. The lowest BCUT2D eigenvalue weighted by atomic mass is 10.1. The van der Waals surface area contributed by atoms with Crippen LogP contribution in [-0.4, -0.2) is 28.7 Å². The van der Waals surface area contributed by atoms with E-state index in [1.165, 1.54) is 0 Å². The Hall–Kier alpha value is -0.870. The van der Waals surface area contributed by atoms with E-state index in [2.05, 4.69) is 10.4 Å². The fourth-order valence-electron chi connectivity index (χ4n) is 1.87. The van der Waals surface area contributed by atoms with Crippen LogP contribution in [0, 0.1) is 0 Å². The lowest BCUT2D eigenvalue weighted by Crippen LogP contribution is -2.19. The number of nitrogens with one attached hydrogen (secondary N) is 1. The predicted octanol–water partition coefficient (Wildman–Crippen LogP) is 2.23. The van der Waals surface area contributed by atoms with E-state index in [1.807, 2.05) is 25.5 Å². The molecule has 0 aromatic carbocycles. The fraction of sp³-hybridized carbons (Fsp3) is 0.692. The van der Waals surface area contributed by atoms with Gasteiger partial charge in [-0.1, -0.05) is 25.4 Å². The van der Waals surface area contributed by atoms with Crippen LogP contribution in [0.3, 0.4) is 0 Å². The van der Waals surface area contributed by atoms with Crippen LogP contribution < -0.4 is 5.32 Å². The second-order valence-electron chi connectivity index (χ2n) is 4.20. The van der Waals surface area contributed by atoms with Crippen molar-refractivity contribution < 1.29 is 4.79 Å². The van der Waals surface area contributed by atoms with Crippen molar-refractivity contribution in [2.45, 2.75) is 46.6 Å². The SMILES string of the molecule is CCNCCC(=O)Cc1c(Cl)c(CC)nn1CC. The van der Waals surface area contributed by atoms with Crippen LogP contribution >= 0.6 is 11.6 Å². The smallest absolute Gasteiger partial charge is 0.140 e. The number of hydrogen-bond acceptors (Lipinski definition) is 3. The normalized spacial score (nSPS) is 10.9. The summed E-state index contributed by atoms with van der Waals surface area (Å²) in [5.41, 5.74) is 1.74. The van der Waals surface area contributed by atoms with Crippen LogP contribution in [0.4, 0.5) is 0 Å². The number of Topliss-reactive ketones (excluding diaryl/α,β-unsaturated/α-hetero) is 1. The first-order valence-electron chi connectivity index (χ1n) is 6.60. The summed E-state index contributed by atoms with van der Waals surface area (Å²) in [5, 5.41) is 8.22. The molecule has 0 aliphatic rings. The minimum Gasteiger partial charge on any atom is -0.317 e. The zero-order valence-corrected chi connectivity index (χ0v) is 12.2. The summed E-state index contributed by atoms with van der Waals surface area (Å²) < 4.78 is 1.84. The van der Waals surface area contributed by atoms with Gasteiger partial charge in [-0.15, -0.1) is 0 Å². The maximum atomic E-state index is 11.9. The third-order valence-electron chi connectivity index (χ3n) is 2.89. The van der Waals surface area contributed by atoms with Crippen molar-refractivity contribution in [3.63, 3.8) is 0 Å². The Bertz CT molecular complexity index is 401. The molecule has 1 aromatic rings. The highest BCUT2D eigenvalue weighted by Crippen LogP contribution is 2.22. The Morgan fingerprint density at radius 2 is 2.11 bits per heavy atom. The molecule has 0 saturated heterocycles. The van der Waals surface area contributed by atoms with E-state index in [4.69, 9.17) is 11.6 Å². The molecule has 5 heteroatoms. The van der Waals surface area contributed by atoms with Gasteiger partial charge < -0.3 is 5.32 Å². The molecular weight excluding hydrogens is 250 g/mol. The van der Waals surface area contributed by atoms with E-state index in [1.54, 1.807) is 0 Å². The molecule has 0 aliphatic heterocycles. The first-order chi connectivity index (χ1) is 8.63. The average Bonchev–Trinajstić information content (AvgIpc) is 2.66. The number of halogens is 1. The number of ketones is 1. The Labute approximate surface area is 114 Å². The molecule has 0 unspecified atom stereocenters. The van der Waals surface area contributed by atoms with Crippen molar-refractivity contribution in [2.75, 3.05) is 13.1 Å². The summed E-state index contributed by atoms with van der Waals surface area (Å²) in [6, 6.07) is 0. The van der Waals surface area contributed by atoms with Crippen LogP contribution in [0.5, 0.6) is 0 Å². The molecule has 1 aromatic heterocycles. The summed E-state index contributed by atoms with van der Waals surface area (Å²) >= 11 is 6.26. The number of hydrogen-bond donors (Lipinski definition) is 1. The zero-order valence-electron chi connectivity index (χ0n) is 11.4. The zero-order chi connectivity index (χ0) is 13.5. The highest BCUT2D eigenvalue weighted by atomic mass is 35.5. The minimum atomic E-state index is 0.204. The third kappa shape index (κ3) is 3.82. The van der Waals surface area contributed by atoms with Gasteiger partial charge in [0.2, 0.25) is 0 Å². The van der Waals surface area contributed by atoms with Crippen LogP contribution in [-0.2, 0) is 24.2 Å². The lowest BCUT2D eigenvalue weighted by molar-refractivity contribution is -0.118. The molecule has 1 rings (SSSR count). The Morgan fingerprint density at radius 3 is 2.67 bits per heavy atom. The van der Waals surface area contributed by atoms with Gasteiger partial charge in [0.05, 0.1) is 16.4 Å². The molecular formula is C13H22ClN3O. The predicted molar refractivity (Wildman–Crippen MR) is 74.2 cm³/mol. The Kier molecular flexibility index (Phi) is 6.36. The van der Waals surface area contributed by atoms with E-state index in [9.17, 15) is 4.79 Å². The molecule has 0 amide bonds. The summed E-state index contributed by atoms with van der Waals surface area (Å²) in [4.78, 5) is 11.9. The Balaban J connectivity index is 2.70. The van der Waals surface area contributed by atoms with Gasteiger partial charge in [-0.2, -0.15) is 5.10 Å². The standard InChI is InChI=1S/C13H22ClN3O/c1-4-11-13(14)12(17(6-3)16-11)9-10(18)7-8-15-5-2/h15H,4-9H2,1-3H3. The third-order valence-corrected chi connectivity index (χ3v) is 3.33. The summed E-state index contributed by atoms with van der Waals surface area (Å²) in [6.45, 7) is 8.42. The molecule has 0 fully saturated rings. The van der Waals surface area contributed by atoms with Crippen molar-refractivity contribution in [2.24, 2.45) is 0 Å².